The lowest BCUT2D eigenvalue weighted by atomic mass is 10.1. The molecule has 0 atom stereocenters. The SMILES string of the molecule is Cc1ccc(NCc2ccc(OCc3ccc(Cl)cc3)c(Br)c2)cc1C. The number of rotatable bonds is 6. The van der Waals surface area contributed by atoms with Crippen LogP contribution in [0, 0.1) is 13.8 Å². The summed E-state index contributed by atoms with van der Waals surface area (Å²) < 4.78 is 6.85. The van der Waals surface area contributed by atoms with Gasteiger partial charge in [-0.25, -0.2) is 0 Å². The molecule has 3 aromatic rings. The van der Waals surface area contributed by atoms with Crippen LogP contribution in [0.4, 0.5) is 5.69 Å². The van der Waals surface area contributed by atoms with Gasteiger partial charge in [-0.05, 0) is 88.4 Å². The first-order valence-electron chi connectivity index (χ1n) is 8.48. The average molecular weight is 431 g/mol. The van der Waals surface area contributed by atoms with Gasteiger partial charge in [-0.2, -0.15) is 0 Å². The zero-order valence-corrected chi connectivity index (χ0v) is 17.2. The number of nitrogens with one attached hydrogen (secondary N) is 1. The zero-order chi connectivity index (χ0) is 18.5. The monoisotopic (exact) mass is 429 g/mol. The third-order valence-corrected chi connectivity index (χ3v) is 5.18. The van der Waals surface area contributed by atoms with Crippen LogP contribution in [0.3, 0.4) is 0 Å². The minimum absolute atomic E-state index is 0.510. The number of aryl methyl sites for hydroxylation is 2. The van der Waals surface area contributed by atoms with Crippen LogP contribution in [-0.2, 0) is 13.2 Å². The van der Waals surface area contributed by atoms with Gasteiger partial charge in [0.25, 0.3) is 0 Å². The van der Waals surface area contributed by atoms with E-state index in [4.69, 9.17) is 16.3 Å². The Morgan fingerprint density at radius 1 is 0.885 bits per heavy atom. The molecule has 26 heavy (non-hydrogen) atoms. The van der Waals surface area contributed by atoms with E-state index in [-0.39, 0.29) is 0 Å². The maximum Gasteiger partial charge on any atom is 0.134 e. The molecule has 0 unspecified atom stereocenters. The second-order valence-corrected chi connectivity index (χ2v) is 7.62. The Morgan fingerprint density at radius 3 is 2.31 bits per heavy atom. The molecule has 3 aromatic carbocycles. The van der Waals surface area contributed by atoms with Crippen LogP contribution < -0.4 is 10.1 Å². The Bertz CT molecular complexity index is 893. The predicted molar refractivity (Wildman–Crippen MR) is 113 cm³/mol. The van der Waals surface area contributed by atoms with Crippen LogP contribution in [0.2, 0.25) is 5.02 Å². The third-order valence-electron chi connectivity index (χ3n) is 4.31. The van der Waals surface area contributed by atoms with Crippen molar-refractivity contribution in [2.75, 3.05) is 5.32 Å². The lowest BCUT2D eigenvalue weighted by Crippen LogP contribution is -2.01. The molecule has 0 radical (unpaired) electrons. The fourth-order valence-corrected chi connectivity index (χ4v) is 3.24. The highest BCUT2D eigenvalue weighted by Crippen LogP contribution is 2.27. The van der Waals surface area contributed by atoms with Crippen molar-refractivity contribution in [3.8, 4) is 5.75 Å². The first kappa shape index (κ1) is 18.8. The normalized spacial score (nSPS) is 10.6. The van der Waals surface area contributed by atoms with Gasteiger partial charge in [0.15, 0.2) is 0 Å². The molecular formula is C22H21BrClNO. The van der Waals surface area contributed by atoms with Crippen molar-refractivity contribution >= 4 is 33.2 Å². The minimum atomic E-state index is 0.510. The third kappa shape index (κ3) is 5.03. The number of hydrogen-bond donors (Lipinski definition) is 1. The molecule has 0 saturated carbocycles. The summed E-state index contributed by atoms with van der Waals surface area (Å²) >= 11 is 9.51. The molecule has 0 aromatic heterocycles. The molecule has 0 saturated heterocycles. The van der Waals surface area contributed by atoms with Crippen LogP contribution >= 0.6 is 27.5 Å². The molecule has 0 heterocycles. The van der Waals surface area contributed by atoms with Gasteiger partial charge in [-0.15, -0.1) is 0 Å². The summed E-state index contributed by atoms with van der Waals surface area (Å²) in [6, 6.07) is 20.3. The fraction of sp³-hybridized carbons (Fsp3) is 0.182. The number of anilines is 1. The maximum absolute atomic E-state index is 5.91. The molecule has 134 valence electrons. The zero-order valence-electron chi connectivity index (χ0n) is 14.9. The smallest absolute Gasteiger partial charge is 0.134 e. The molecule has 0 aliphatic heterocycles. The van der Waals surface area contributed by atoms with Crippen molar-refractivity contribution in [3.63, 3.8) is 0 Å². The summed E-state index contributed by atoms with van der Waals surface area (Å²) in [6.07, 6.45) is 0. The second kappa shape index (κ2) is 8.61. The minimum Gasteiger partial charge on any atom is -0.488 e. The van der Waals surface area contributed by atoms with Gasteiger partial charge in [0.2, 0.25) is 0 Å². The summed E-state index contributed by atoms with van der Waals surface area (Å²) in [7, 11) is 0. The molecule has 1 N–H and O–H groups in total. The highest BCUT2D eigenvalue weighted by atomic mass is 79.9. The van der Waals surface area contributed by atoms with Crippen molar-refractivity contribution in [2.24, 2.45) is 0 Å². The largest absolute Gasteiger partial charge is 0.488 e. The van der Waals surface area contributed by atoms with E-state index < -0.39 is 0 Å². The van der Waals surface area contributed by atoms with Crippen molar-refractivity contribution in [1.82, 2.24) is 0 Å². The number of ether oxygens (including phenoxy) is 1. The standard InChI is InChI=1S/C22H21BrClNO/c1-15-3-9-20(11-16(15)2)25-13-18-6-10-22(21(23)12-18)26-14-17-4-7-19(24)8-5-17/h3-12,25H,13-14H2,1-2H3. The molecule has 4 heteroatoms. The van der Waals surface area contributed by atoms with Gasteiger partial charge in [0, 0.05) is 17.3 Å². The Labute approximate surface area is 168 Å². The molecular weight excluding hydrogens is 410 g/mol. The summed E-state index contributed by atoms with van der Waals surface area (Å²) in [4.78, 5) is 0. The molecule has 3 rings (SSSR count). The summed E-state index contributed by atoms with van der Waals surface area (Å²) in [5, 5.41) is 4.20. The van der Waals surface area contributed by atoms with Crippen molar-refractivity contribution in [3.05, 3.63) is 92.4 Å². The molecule has 0 amide bonds. The highest BCUT2D eigenvalue weighted by Gasteiger charge is 2.04. The Kier molecular flexibility index (Phi) is 6.23. The number of hydrogen-bond acceptors (Lipinski definition) is 2. The van der Waals surface area contributed by atoms with Crippen LogP contribution in [-0.4, -0.2) is 0 Å². The maximum atomic E-state index is 5.91. The number of halogens is 2. The summed E-state index contributed by atoms with van der Waals surface area (Å²) in [5.41, 5.74) is 6.01. The molecule has 0 fully saturated rings. The van der Waals surface area contributed by atoms with Gasteiger partial charge in [-0.1, -0.05) is 35.9 Å². The molecule has 0 spiro atoms. The summed E-state index contributed by atoms with van der Waals surface area (Å²) in [5.74, 6) is 0.829. The van der Waals surface area contributed by atoms with Gasteiger partial charge < -0.3 is 10.1 Å². The van der Waals surface area contributed by atoms with Gasteiger partial charge in [0.05, 0.1) is 4.47 Å². The van der Waals surface area contributed by atoms with Gasteiger partial charge in [-0.3, -0.25) is 0 Å². The quantitative estimate of drug-likeness (QED) is 0.458. The van der Waals surface area contributed by atoms with E-state index >= 15 is 0 Å². The lowest BCUT2D eigenvalue weighted by molar-refractivity contribution is 0.304. The highest BCUT2D eigenvalue weighted by molar-refractivity contribution is 9.10. The predicted octanol–water partition coefficient (Wildman–Crippen LogP) is 6.91. The lowest BCUT2D eigenvalue weighted by Gasteiger charge is -2.12. The van der Waals surface area contributed by atoms with E-state index in [2.05, 4.69) is 65.4 Å². The first-order valence-corrected chi connectivity index (χ1v) is 9.65. The molecule has 2 nitrogen and oxygen atoms in total. The summed E-state index contributed by atoms with van der Waals surface area (Å²) in [6.45, 7) is 5.53. The van der Waals surface area contributed by atoms with Crippen molar-refractivity contribution in [2.45, 2.75) is 27.0 Å². The Morgan fingerprint density at radius 2 is 1.62 bits per heavy atom. The fourth-order valence-electron chi connectivity index (χ4n) is 2.57. The van der Waals surface area contributed by atoms with E-state index in [9.17, 15) is 0 Å². The van der Waals surface area contributed by atoms with Crippen LogP contribution in [0.5, 0.6) is 5.75 Å². The van der Waals surface area contributed by atoms with Crippen LogP contribution in [0.15, 0.2) is 65.1 Å². The van der Waals surface area contributed by atoms with Crippen LogP contribution in [0.1, 0.15) is 22.3 Å². The van der Waals surface area contributed by atoms with Crippen molar-refractivity contribution in [1.29, 1.82) is 0 Å². The van der Waals surface area contributed by atoms with E-state index in [1.165, 1.54) is 16.7 Å². The molecule has 0 aliphatic rings. The second-order valence-electron chi connectivity index (χ2n) is 6.33. The number of benzene rings is 3. The van der Waals surface area contributed by atoms with E-state index in [0.717, 1.165) is 33.0 Å². The van der Waals surface area contributed by atoms with Gasteiger partial charge in [0.1, 0.15) is 12.4 Å². The molecule has 0 bridgehead atoms. The molecule has 0 aliphatic carbocycles. The Balaban J connectivity index is 1.59. The van der Waals surface area contributed by atoms with Crippen molar-refractivity contribution < 1.29 is 4.74 Å². The topological polar surface area (TPSA) is 21.3 Å². The Hall–Kier alpha value is -1.97. The van der Waals surface area contributed by atoms with Crippen LogP contribution in [0.25, 0.3) is 0 Å². The van der Waals surface area contributed by atoms with E-state index in [1.54, 1.807) is 0 Å². The van der Waals surface area contributed by atoms with E-state index in [0.29, 0.717) is 6.61 Å². The first-order chi connectivity index (χ1) is 12.5. The average Bonchev–Trinajstić information content (AvgIpc) is 2.63. The van der Waals surface area contributed by atoms with Gasteiger partial charge >= 0.3 is 0 Å². The van der Waals surface area contributed by atoms with E-state index in [1.807, 2.05) is 30.3 Å².